The molecule has 1 aliphatic rings. The lowest BCUT2D eigenvalue weighted by Crippen LogP contribution is -2.32. The Morgan fingerprint density at radius 1 is 1.42 bits per heavy atom. The zero-order chi connectivity index (χ0) is 14.2. The van der Waals surface area contributed by atoms with Crippen LogP contribution in [-0.2, 0) is 6.18 Å². The minimum absolute atomic E-state index is 0.228. The van der Waals surface area contributed by atoms with Crippen LogP contribution < -0.4 is 4.90 Å². The number of rotatable bonds is 1. The lowest BCUT2D eigenvalue weighted by Gasteiger charge is -2.26. The molecule has 3 nitrogen and oxygen atoms in total. The summed E-state index contributed by atoms with van der Waals surface area (Å²) in [5, 5.41) is 18.4. The van der Waals surface area contributed by atoms with Crippen molar-refractivity contribution in [1.82, 2.24) is 0 Å². The first-order valence-corrected chi connectivity index (χ1v) is 5.90. The number of benzene rings is 1. The van der Waals surface area contributed by atoms with Gasteiger partial charge in [-0.05, 0) is 31.5 Å². The van der Waals surface area contributed by atoms with Gasteiger partial charge in [0.1, 0.15) is 0 Å². The predicted molar refractivity (Wildman–Crippen MR) is 63.6 cm³/mol. The van der Waals surface area contributed by atoms with Crippen molar-refractivity contribution in [1.29, 1.82) is 5.26 Å². The molecule has 0 amide bonds. The molecule has 1 heterocycles. The van der Waals surface area contributed by atoms with Crippen molar-refractivity contribution in [3.8, 4) is 6.07 Å². The van der Waals surface area contributed by atoms with Gasteiger partial charge in [0.2, 0.25) is 0 Å². The topological polar surface area (TPSA) is 47.3 Å². The van der Waals surface area contributed by atoms with Crippen LogP contribution >= 0.6 is 0 Å². The van der Waals surface area contributed by atoms with E-state index >= 15 is 0 Å². The molecule has 6 heteroatoms. The van der Waals surface area contributed by atoms with Gasteiger partial charge in [-0.25, -0.2) is 0 Å². The van der Waals surface area contributed by atoms with Crippen molar-refractivity contribution in [3.63, 3.8) is 0 Å². The van der Waals surface area contributed by atoms with Crippen LogP contribution in [0.2, 0.25) is 0 Å². The molecule has 19 heavy (non-hydrogen) atoms. The number of nitrogens with zero attached hydrogens (tertiary/aromatic N) is 2. The Labute approximate surface area is 108 Å². The van der Waals surface area contributed by atoms with Gasteiger partial charge in [0.05, 0.1) is 29.3 Å². The van der Waals surface area contributed by atoms with Gasteiger partial charge in [0.15, 0.2) is 0 Å². The first kappa shape index (κ1) is 13.7. The molecule has 1 aliphatic heterocycles. The quantitative estimate of drug-likeness (QED) is 0.853. The maximum atomic E-state index is 12.9. The Kier molecular flexibility index (Phi) is 3.42. The number of nitriles is 1. The third-order valence-electron chi connectivity index (χ3n) is 3.47. The number of aliphatic hydroxyl groups excluding tert-OH is 1. The fraction of sp³-hybridized carbons (Fsp3) is 0.462. The number of halogens is 3. The summed E-state index contributed by atoms with van der Waals surface area (Å²) < 4.78 is 38.6. The van der Waals surface area contributed by atoms with Crippen LogP contribution in [-0.4, -0.2) is 23.8 Å². The van der Waals surface area contributed by atoms with E-state index in [9.17, 15) is 18.3 Å². The van der Waals surface area contributed by atoms with Crippen LogP contribution in [0.1, 0.15) is 24.5 Å². The third kappa shape index (κ3) is 2.51. The number of alkyl halides is 3. The molecule has 0 aliphatic carbocycles. The van der Waals surface area contributed by atoms with Crippen molar-refractivity contribution < 1.29 is 18.3 Å². The highest BCUT2D eigenvalue weighted by molar-refractivity contribution is 5.56. The van der Waals surface area contributed by atoms with Crippen LogP contribution in [0.4, 0.5) is 18.9 Å². The number of hydrogen-bond donors (Lipinski definition) is 1. The molecule has 2 atom stereocenters. The molecule has 1 fully saturated rings. The standard InChI is InChI=1S/C13H13F3N2O/c1-8-12(19)4-5-18(8)10-3-2-9(7-17)11(6-10)13(14,15)16/h2-3,6,8,12,19H,4-5H2,1H3. The summed E-state index contributed by atoms with van der Waals surface area (Å²) in [5.41, 5.74) is -0.930. The molecule has 0 spiro atoms. The fourth-order valence-corrected chi connectivity index (χ4v) is 2.33. The van der Waals surface area contributed by atoms with Gasteiger partial charge in [-0.2, -0.15) is 18.4 Å². The van der Waals surface area contributed by atoms with Crippen LogP contribution in [0.15, 0.2) is 18.2 Å². The molecule has 1 aromatic rings. The summed E-state index contributed by atoms with van der Waals surface area (Å²) in [6.45, 7) is 2.27. The monoisotopic (exact) mass is 270 g/mol. The summed E-state index contributed by atoms with van der Waals surface area (Å²) in [6, 6.07) is 4.97. The predicted octanol–water partition coefficient (Wildman–Crippen LogP) is 2.54. The summed E-state index contributed by atoms with van der Waals surface area (Å²) in [5.74, 6) is 0. The smallest absolute Gasteiger partial charge is 0.391 e. The first-order valence-electron chi connectivity index (χ1n) is 5.90. The minimum atomic E-state index is -4.55. The number of hydrogen-bond acceptors (Lipinski definition) is 3. The van der Waals surface area contributed by atoms with Crippen LogP contribution in [0.25, 0.3) is 0 Å². The highest BCUT2D eigenvalue weighted by atomic mass is 19.4. The molecule has 1 saturated heterocycles. The first-order chi connectivity index (χ1) is 8.84. The largest absolute Gasteiger partial charge is 0.417 e. The molecular formula is C13H13F3N2O. The molecule has 0 aromatic heterocycles. The Hall–Kier alpha value is -1.74. The van der Waals surface area contributed by atoms with Crippen molar-refractivity contribution in [2.75, 3.05) is 11.4 Å². The second-order valence-electron chi connectivity index (χ2n) is 4.63. The van der Waals surface area contributed by atoms with Gasteiger partial charge in [-0.3, -0.25) is 0 Å². The van der Waals surface area contributed by atoms with E-state index in [0.29, 0.717) is 18.7 Å². The highest BCUT2D eigenvalue weighted by Crippen LogP contribution is 2.36. The van der Waals surface area contributed by atoms with Gasteiger partial charge >= 0.3 is 6.18 Å². The highest BCUT2D eigenvalue weighted by Gasteiger charge is 2.35. The molecular weight excluding hydrogens is 257 g/mol. The Bertz CT molecular complexity index is 522. The van der Waals surface area contributed by atoms with E-state index in [2.05, 4.69) is 0 Å². The molecule has 2 unspecified atom stereocenters. The Balaban J connectivity index is 2.42. The maximum Gasteiger partial charge on any atom is 0.417 e. The molecule has 0 bridgehead atoms. The zero-order valence-corrected chi connectivity index (χ0v) is 10.3. The van der Waals surface area contributed by atoms with Gasteiger partial charge in [0.25, 0.3) is 0 Å². The summed E-state index contributed by atoms with van der Waals surface area (Å²) in [7, 11) is 0. The van der Waals surface area contributed by atoms with Crippen molar-refractivity contribution in [2.45, 2.75) is 31.7 Å². The van der Waals surface area contributed by atoms with E-state index in [-0.39, 0.29) is 11.6 Å². The zero-order valence-electron chi connectivity index (χ0n) is 10.3. The fourth-order valence-electron chi connectivity index (χ4n) is 2.33. The van der Waals surface area contributed by atoms with Gasteiger partial charge in [0, 0.05) is 12.2 Å². The molecule has 1 N–H and O–H groups in total. The normalized spacial score (nSPS) is 23.5. The lowest BCUT2D eigenvalue weighted by molar-refractivity contribution is -0.137. The average Bonchev–Trinajstić information content (AvgIpc) is 2.68. The second kappa shape index (κ2) is 4.74. The number of anilines is 1. The van der Waals surface area contributed by atoms with Crippen LogP contribution in [0.3, 0.4) is 0 Å². The van der Waals surface area contributed by atoms with E-state index in [1.807, 2.05) is 0 Å². The molecule has 1 aromatic carbocycles. The maximum absolute atomic E-state index is 12.9. The van der Waals surface area contributed by atoms with Crippen molar-refractivity contribution >= 4 is 5.69 Å². The third-order valence-corrected chi connectivity index (χ3v) is 3.47. The second-order valence-corrected chi connectivity index (χ2v) is 4.63. The van der Waals surface area contributed by atoms with E-state index in [1.54, 1.807) is 17.9 Å². The molecule has 0 radical (unpaired) electrons. The van der Waals surface area contributed by atoms with Gasteiger partial charge in [-0.1, -0.05) is 0 Å². The van der Waals surface area contributed by atoms with E-state index < -0.39 is 17.8 Å². The van der Waals surface area contributed by atoms with E-state index in [4.69, 9.17) is 5.26 Å². The average molecular weight is 270 g/mol. The van der Waals surface area contributed by atoms with Crippen LogP contribution in [0.5, 0.6) is 0 Å². The number of aliphatic hydroxyl groups is 1. The lowest BCUT2D eigenvalue weighted by atomic mass is 10.1. The van der Waals surface area contributed by atoms with Gasteiger partial charge < -0.3 is 10.0 Å². The summed E-state index contributed by atoms with van der Waals surface area (Å²) >= 11 is 0. The van der Waals surface area contributed by atoms with Crippen LogP contribution in [0, 0.1) is 11.3 Å². The Morgan fingerprint density at radius 2 is 2.11 bits per heavy atom. The van der Waals surface area contributed by atoms with Crippen molar-refractivity contribution in [3.05, 3.63) is 29.3 Å². The van der Waals surface area contributed by atoms with E-state index in [0.717, 1.165) is 6.07 Å². The minimum Gasteiger partial charge on any atom is -0.391 e. The van der Waals surface area contributed by atoms with Crippen molar-refractivity contribution in [2.24, 2.45) is 0 Å². The SMILES string of the molecule is CC1C(O)CCN1c1ccc(C#N)c(C(F)(F)F)c1. The Morgan fingerprint density at radius 3 is 2.58 bits per heavy atom. The van der Waals surface area contributed by atoms with Gasteiger partial charge in [-0.15, -0.1) is 0 Å². The molecule has 102 valence electrons. The van der Waals surface area contributed by atoms with E-state index in [1.165, 1.54) is 12.1 Å². The summed E-state index contributed by atoms with van der Waals surface area (Å²) in [4.78, 5) is 1.72. The molecule has 0 saturated carbocycles. The summed E-state index contributed by atoms with van der Waals surface area (Å²) in [6.07, 6.45) is -4.56. The molecule has 2 rings (SSSR count).